The van der Waals surface area contributed by atoms with Crippen LogP contribution in [-0.2, 0) is 0 Å². The summed E-state index contributed by atoms with van der Waals surface area (Å²) in [5, 5.41) is 0. The average Bonchev–Trinajstić information content (AvgIpc) is 2.27. The Labute approximate surface area is 96.7 Å². The van der Waals surface area contributed by atoms with E-state index in [-0.39, 0.29) is 0 Å². The maximum atomic E-state index is 5.59. The van der Waals surface area contributed by atoms with Crippen LogP contribution >= 0.6 is 11.6 Å². The molecule has 2 heteroatoms. The molecule has 0 aromatic heterocycles. The van der Waals surface area contributed by atoms with E-state index in [0.717, 1.165) is 30.8 Å². The second-order valence-corrected chi connectivity index (χ2v) is 3.68. The zero-order valence-electron chi connectivity index (χ0n) is 9.08. The van der Waals surface area contributed by atoms with Gasteiger partial charge in [-0.15, -0.1) is 11.6 Å². The van der Waals surface area contributed by atoms with Crippen LogP contribution in [0.2, 0.25) is 0 Å². The molecule has 0 saturated carbocycles. The SMILES string of the molecule is CCCOc1cccc(C=CCCCl)c1. The topological polar surface area (TPSA) is 9.23 Å². The second kappa shape index (κ2) is 7.36. The second-order valence-electron chi connectivity index (χ2n) is 3.30. The van der Waals surface area contributed by atoms with Gasteiger partial charge < -0.3 is 4.74 Å². The van der Waals surface area contributed by atoms with Gasteiger partial charge in [-0.2, -0.15) is 0 Å². The van der Waals surface area contributed by atoms with Crippen molar-refractivity contribution in [3.63, 3.8) is 0 Å². The first-order valence-corrected chi connectivity index (χ1v) is 5.85. The van der Waals surface area contributed by atoms with Gasteiger partial charge in [0.05, 0.1) is 6.61 Å². The van der Waals surface area contributed by atoms with Crippen molar-refractivity contribution in [1.29, 1.82) is 0 Å². The Hall–Kier alpha value is -0.950. The van der Waals surface area contributed by atoms with Gasteiger partial charge in [0.25, 0.3) is 0 Å². The van der Waals surface area contributed by atoms with Crippen LogP contribution in [0, 0.1) is 0 Å². The van der Waals surface area contributed by atoms with Gasteiger partial charge in [-0.25, -0.2) is 0 Å². The molecule has 0 spiro atoms. The molecule has 0 aliphatic carbocycles. The summed E-state index contributed by atoms with van der Waals surface area (Å²) in [5.41, 5.74) is 1.16. The fraction of sp³-hybridized carbons (Fsp3) is 0.385. The van der Waals surface area contributed by atoms with Gasteiger partial charge in [-0.3, -0.25) is 0 Å². The highest BCUT2D eigenvalue weighted by molar-refractivity contribution is 6.17. The lowest BCUT2D eigenvalue weighted by molar-refractivity contribution is 0.317. The van der Waals surface area contributed by atoms with E-state index in [4.69, 9.17) is 16.3 Å². The molecular formula is C13H17ClO. The van der Waals surface area contributed by atoms with E-state index in [0.29, 0.717) is 5.88 Å². The number of halogens is 1. The van der Waals surface area contributed by atoms with Gasteiger partial charge in [0.1, 0.15) is 5.75 Å². The van der Waals surface area contributed by atoms with Crippen LogP contribution in [0.4, 0.5) is 0 Å². The Morgan fingerprint density at radius 3 is 3.00 bits per heavy atom. The summed E-state index contributed by atoms with van der Waals surface area (Å²) in [6.07, 6.45) is 6.08. The van der Waals surface area contributed by atoms with Crippen LogP contribution in [-0.4, -0.2) is 12.5 Å². The molecule has 1 aromatic carbocycles. The minimum atomic E-state index is 0.669. The molecule has 0 aliphatic heterocycles. The summed E-state index contributed by atoms with van der Waals surface area (Å²) in [6.45, 7) is 2.87. The van der Waals surface area contributed by atoms with E-state index in [2.05, 4.69) is 25.1 Å². The van der Waals surface area contributed by atoms with Crippen LogP contribution in [0.25, 0.3) is 6.08 Å². The molecule has 0 amide bonds. The summed E-state index contributed by atoms with van der Waals surface area (Å²) < 4.78 is 5.54. The highest BCUT2D eigenvalue weighted by atomic mass is 35.5. The lowest BCUT2D eigenvalue weighted by atomic mass is 10.2. The molecule has 0 saturated heterocycles. The fourth-order valence-electron chi connectivity index (χ4n) is 1.21. The van der Waals surface area contributed by atoms with Crippen molar-refractivity contribution in [2.45, 2.75) is 19.8 Å². The molecule has 0 aliphatic rings. The quantitative estimate of drug-likeness (QED) is 0.661. The van der Waals surface area contributed by atoms with Crippen molar-refractivity contribution in [3.05, 3.63) is 35.9 Å². The lowest BCUT2D eigenvalue weighted by Gasteiger charge is -2.04. The summed E-state index contributed by atoms with van der Waals surface area (Å²) in [7, 11) is 0. The third-order valence-electron chi connectivity index (χ3n) is 1.92. The third-order valence-corrected chi connectivity index (χ3v) is 2.14. The van der Waals surface area contributed by atoms with Gasteiger partial charge in [0, 0.05) is 5.88 Å². The Morgan fingerprint density at radius 1 is 1.40 bits per heavy atom. The van der Waals surface area contributed by atoms with Gasteiger partial charge in [-0.1, -0.05) is 31.2 Å². The molecule has 1 aromatic rings. The third kappa shape index (κ3) is 4.89. The van der Waals surface area contributed by atoms with Gasteiger partial charge in [0.15, 0.2) is 0 Å². The van der Waals surface area contributed by atoms with Crippen molar-refractivity contribution in [1.82, 2.24) is 0 Å². The minimum absolute atomic E-state index is 0.669. The van der Waals surface area contributed by atoms with Crippen LogP contribution < -0.4 is 4.74 Å². The average molecular weight is 225 g/mol. The Morgan fingerprint density at radius 2 is 2.27 bits per heavy atom. The predicted octanol–water partition coefficient (Wildman–Crippen LogP) is 4.12. The highest BCUT2D eigenvalue weighted by Crippen LogP contribution is 2.14. The highest BCUT2D eigenvalue weighted by Gasteiger charge is 1.93. The molecule has 0 radical (unpaired) electrons. The molecule has 0 bridgehead atoms. The Balaban J connectivity index is 2.57. The zero-order chi connectivity index (χ0) is 10.9. The number of benzene rings is 1. The van der Waals surface area contributed by atoms with E-state index < -0.39 is 0 Å². The van der Waals surface area contributed by atoms with E-state index >= 15 is 0 Å². The number of hydrogen-bond donors (Lipinski definition) is 0. The van der Waals surface area contributed by atoms with E-state index in [1.807, 2.05) is 18.2 Å². The molecule has 0 unspecified atom stereocenters. The number of rotatable bonds is 6. The smallest absolute Gasteiger partial charge is 0.119 e. The standard InChI is InChI=1S/C13H17ClO/c1-2-10-15-13-8-5-7-12(11-13)6-3-4-9-14/h3,5-8,11H,2,4,9-10H2,1H3. The van der Waals surface area contributed by atoms with Crippen molar-refractivity contribution in [2.75, 3.05) is 12.5 Å². The molecule has 1 nitrogen and oxygen atoms in total. The van der Waals surface area contributed by atoms with Crippen LogP contribution in [0.1, 0.15) is 25.3 Å². The van der Waals surface area contributed by atoms with Crippen molar-refractivity contribution < 1.29 is 4.74 Å². The van der Waals surface area contributed by atoms with Crippen LogP contribution in [0.5, 0.6) is 5.75 Å². The number of hydrogen-bond acceptors (Lipinski definition) is 1. The first-order valence-electron chi connectivity index (χ1n) is 5.32. The monoisotopic (exact) mass is 224 g/mol. The van der Waals surface area contributed by atoms with E-state index in [1.54, 1.807) is 0 Å². The van der Waals surface area contributed by atoms with Crippen molar-refractivity contribution in [2.24, 2.45) is 0 Å². The Bertz CT molecular complexity index is 307. The molecule has 0 N–H and O–H groups in total. The number of allylic oxidation sites excluding steroid dienone is 1. The maximum absolute atomic E-state index is 5.59. The molecular weight excluding hydrogens is 208 g/mol. The zero-order valence-corrected chi connectivity index (χ0v) is 9.83. The molecule has 0 atom stereocenters. The number of alkyl halides is 1. The van der Waals surface area contributed by atoms with Crippen molar-refractivity contribution >= 4 is 17.7 Å². The molecule has 0 fully saturated rings. The molecule has 1 rings (SSSR count). The summed E-state index contributed by atoms with van der Waals surface area (Å²) in [4.78, 5) is 0. The van der Waals surface area contributed by atoms with Crippen LogP contribution in [0.15, 0.2) is 30.3 Å². The molecule has 82 valence electrons. The first-order chi connectivity index (χ1) is 7.36. The lowest BCUT2D eigenvalue weighted by Crippen LogP contribution is -1.94. The summed E-state index contributed by atoms with van der Waals surface area (Å²) in [6, 6.07) is 8.09. The number of ether oxygens (including phenoxy) is 1. The largest absolute Gasteiger partial charge is 0.494 e. The van der Waals surface area contributed by atoms with E-state index in [9.17, 15) is 0 Å². The van der Waals surface area contributed by atoms with Crippen LogP contribution in [0.3, 0.4) is 0 Å². The fourth-order valence-corrected chi connectivity index (χ4v) is 1.34. The summed E-state index contributed by atoms with van der Waals surface area (Å²) >= 11 is 5.59. The first kappa shape index (κ1) is 12.1. The molecule has 0 heterocycles. The normalized spacial score (nSPS) is 10.8. The van der Waals surface area contributed by atoms with Gasteiger partial charge >= 0.3 is 0 Å². The van der Waals surface area contributed by atoms with Gasteiger partial charge in [-0.05, 0) is 30.5 Å². The predicted molar refractivity (Wildman–Crippen MR) is 66.6 cm³/mol. The van der Waals surface area contributed by atoms with Gasteiger partial charge in [0.2, 0.25) is 0 Å². The minimum Gasteiger partial charge on any atom is -0.494 e. The maximum Gasteiger partial charge on any atom is 0.119 e. The van der Waals surface area contributed by atoms with Crippen molar-refractivity contribution in [3.8, 4) is 5.75 Å². The Kier molecular flexibility index (Phi) is 5.94. The summed E-state index contributed by atoms with van der Waals surface area (Å²) in [5.74, 6) is 1.60. The van der Waals surface area contributed by atoms with E-state index in [1.165, 1.54) is 0 Å². The molecule has 15 heavy (non-hydrogen) atoms.